The number of hydrogen-bond acceptors (Lipinski definition) is 3. The summed E-state index contributed by atoms with van der Waals surface area (Å²) >= 11 is 0. The molecule has 1 aliphatic rings. The number of amides is 2. The van der Waals surface area contributed by atoms with Gasteiger partial charge in [-0.3, -0.25) is 0 Å². The monoisotopic (exact) mass is 306 g/mol. The lowest BCUT2D eigenvalue weighted by atomic mass is 10.1. The molecule has 0 bridgehead atoms. The predicted octanol–water partition coefficient (Wildman–Crippen LogP) is 2.48. The first kappa shape index (κ1) is 16.6. The second-order valence-corrected chi connectivity index (χ2v) is 6.40. The van der Waals surface area contributed by atoms with Gasteiger partial charge in [0, 0.05) is 6.54 Å². The van der Waals surface area contributed by atoms with Crippen molar-refractivity contribution in [1.82, 2.24) is 10.2 Å². The van der Waals surface area contributed by atoms with Crippen LogP contribution in [0.4, 0.5) is 4.79 Å². The molecule has 2 rings (SSSR count). The summed E-state index contributed by atoms with van der Waals surface area (Å²) in [6, 6.07) is 5.83. The topological polar surface area (TPSA) is 61.8 Å². The van der Waals surface area contributed by atoms with Crippen LogP contribution in [0.2, 0.25) is 0 Å². The first-order chi connectivity index (χ1) is 10.4. The minimum absolute atomic E-state index is 0.00783. The van der Waals surface area contributed by atoms with Gasteiger partial charge in [0.25, 0.3) is 0 Å². The number of nitrogens with one attached hydrogen (secondary N) is 1. The molecule has 0 fully saturated rings. The maximum absolute atomic E-state index is 12.4. The van der Waals surface area contributed by atoms with Gasteiger partial charge in [0.15, 0.2) is 0 Å². The van der Waals surface area contributed by atoms with Gasteiger partial charge in [-0.2, -0.15) is 0 Å². The first-order valence-corrected chi connectivity index (χ1v) is 7.79. The normalized spacial score (nSPS) is 17.0. The minimum atomic E-state index is -0.899. The van der Waals surface area contributed by atoms with Crippen molar-refractivity contribution in [3.63, 3.8) is 0 Å². The van der Waals surface area contributed by atoms with Crippen LogP contribution < -0.4 is 10.1 Å². The van der Waals surface area contributed by atoms with E-state index in [-0.39, 0.29) is 12.1 Å². The van der Waals surface area contributed by atoms with E-state index in [4.69, 9.17) is 4.74 Å². The van der Waals surface area contributed by atoms with Crippen LogP contribution in [0.3, 0.4) is 0 Å². The number of benzene rings is 1. The maximum Gasteiger partial charge on any atom is 0.317 e. The summed E-state index contributed by atoms with van der Waals surface area (Å²) in [5.74, 6) is 0.887. The lowest BCUT2D eigenvalue weighted by Crippen LogP contribution is -2.47. The van der Waals surface area contributed by atoms with Gasteiger partial charge in [-0.15, -0.1) is 0 Å². The summed E-state index contributed by atoms with van der Waals surface area (Å²) in [5, 5.41) is 13.0. The fourth-order valence-corrected chi connectivity index (χ4v) is 3.00. The van der Waals surface area contributed by atoms with Gasteiger partial charge in [0.2, 0.25) is 0 Å². The molecule has 122 valence electrons. The van der Waals surface area contributed by atoms with Gasteiger partial charge in [-0.1, -0.05) is 12.1 Å². The van der Waals surface area contributed by atoms with Crippen LogP contribution in [0.1, 0.15) is 44.4 Å². The molecule has 0 aliphatic heterocycles. The molecule has 1 aromatic carbocycles. The van der Waals surface area contributed by atoms with E-state index < -0.39 is 5.60 Å². The Morgan fingerprint density at radius 2 is 2.23 bits per heavy atom. The average molecular weight is 306 g/mol. The molecular weight excluding hydrogens is 280 g/mol. The summed E-state index contributed by atoms with van der Waals surface area (Å²) < 4.78 is 5.39. The third-order valence-electron chi connectivity index (χ3n) is 3.99. The Bertz CT molecular complexity index is 537. The first-order valence-electron chi connectivity index (χ1n) is 7.79. The molecule has 5 heteroatoms. The standard InChI is InChI=1S/C17H26N2O3/c1-5-19(11-17(2,3)21)16(20)18-14-10-9-13-12(14)7-6-8-15(13)22-4/h6-8,14,21H,5,9-11H2,1-4H3,(H,18,20). The highest BCUT2D eigenvalue weighted by Gasteiger charge is 2.28. The van der Waals surface area contributed by atoms with Crippen LogP contribution in [0.15, 0.2) is 18.2 Å². The molecule has 0 saturated heterocycles. The number of methoxy groups -OCH3 is 1. The second kappa shape index (κ2) is 6.57. The predicted molar refractivity (Wildman–Crippen MR) is 86.1 cm³/mol. The van der Waals surface area contributed by atoms with E-state index in [1.807, 2.05) is 25.1 Å². The molecule has 0 heterocycles. The molecule has 5 nitrogen and oxygen atoms in total. The quantitative estimate of drug-likeness (QED) is 0.878. The number of carbonyl (C=O) groups excluding carboxylic acids is 1. The Balaban J connectivity index is 2.08. The lowest BCUT2D eigenvalue weighted by Gasteiger charge is -2.29. The molecule has 1 aromatic rings. The van der Waals surface area contributed by atoms with E-state index >= 15 is 0 Å². The van der Waals surface area contributed by atoms with E-state index in [2.05, 4.69) is 5.32 Å². The van der Waals surface area contributed by atoms with Gasteiger partial charge in [-0.25, -0.2) is 4.79 Å². The Morgan fingerprint density at radius 1 is 1.50 bits per heavy atom. The number of likely N-dealkylation sites (N-methyl/N-ethyl adjacent to an activating group) is 1. The average Bonchev–Trinajstić information content (AvgIpc) is 2.86. The fourth-order valence-electron chi connectivity index (χ4n) is 3.00. The molecule has 22 heavy (non-hydrogen) atoms. The number of carbonyl (C=O) groups is 1. The van der Waals surface area contributed by atoms with Crippen molar-refractivity contribution in [3.05, 3.63) is 29.3 Å². The van der Waals surface area contributed by atoms with Crippen LogP contribution in [0.25, 0.3) is 0 Å². The van der Waals surface area contributed by atoms with Crippen molar-refractivity contribution in [3.8, 4) is 5.75 Å². The van der Waals surface area contributed by atoms with Gasteiger partial charge < -0.3 is 20.1 Å². The summed E-state index contributed by atoms with van der Waals surface area (Å²) in [7, 11) is 1.67. The van der Waals surface area contributed by atoms with E-state index in [0.717, 1.165) is 24.2 Å². The Morgan fingerprint density at radius 3 is 2.82 bits per heavy atom. The van der Waals surface area contributed by atoms with Crippen molar-refractivity contribution in [2.45, 2.75) is 45.3 Å². The lowest BCUT2D eigenvalue weighted by molar-refractivity contribution is 0.0475. The van der Waals surface area contributed by atoms with Crippen molar-refractivity contribution in [2.75, 3.05) is 20.2 Å². The largest absolute Gasteiger partial charge is 0.496 e. The van der Waals surface area contributed by atoms with Crippen molar-refractivity contribution in [1.29, 1.82) is 0 Å². The number of fused-ring (bicyclic) bond motifs is 1. The van der Waals surface area contributed by atoms with E-state index in [1.165, 1.54) is 5.56 Å². The highest BCUT2D eigenvalue weighted by atomic mass is 16.5. The number of ether oxygens (including phenoxy) is 1. The van der Waals surface area contributed by atoms with Gasteiger partial charge in [0.05, 0.1) is 25.3 Å². The van der Waals surface area contributed by atoms with Crippen molar-refractivity contribution in [2.24, 2.45) is 0 Å². The van der Waals surface area contributed by atoms with Crippen LogP contribution in [0, 0.1) is 0 Å². The SMILES string of the molecule is CCN(CC(C)(C)O)C(=O)NC1CCc2c(OC)cccc21. The molecule has 0 saturated carbocycles. The summed E-state index contributed by atoms with van der Waals surface area (Å²) in [4.78, 5) is 14.1. The van der Waals surface area contributed by atoms with Crippen LogP contribution >= 0.6 is 0 Å². The molecule has 1 atom stereocenters. The molecule has 2 amide bonds. The van der Waals surface area contributed by atoms with Crippen molar-refractivity contribution < 1.29 is 14.6 Å². The van der Waals surface area contributed by atoms with E-state index in [0.29, 0.717) is 13.1 Å². The third-order valence-corrected chi connectivity index (χ3v) is 3.99. The molecular formula is C17H26N2O3. The van der Waals surface area contributed by atoms with Gasteiger partial charge >= 0.3 is 6.03 Å². The number of urea groups is 1. The number of nitrogens with zero attached hydrogens (tertiary/aromatic N) is 1. The maximum atomic E-state index is 12.4. The Kier molecular flexibility index (Phi) is 4.96. The molecule has 2 N–H and O–H groups in total. The Labute approximate surface area is 132 Å². The van der Waals surface area contributed by atoms with Gasteiger partial charge in [0.1, 0.15) is 5.75 Å². The highest BCUT2D eigenvalue weighted by molar-refractivity contribution is 5.75. The van der Waals surface area contributed by atoms with Crippen LogP contribution in [0.5, 0.6) is 5.75 Å². The second-order valence-electron chi connectivity index (χ2n) is 6.40. The zero-order valence-electron chi connectivity index (χ0n) is 13.8. The summed E-state index contributed by atoms with van der Waals surface area (Å²) in [6.45, 7) is 6.20. The number of rotatable bonds is 5. The smallest absolute Gasteiger partial charge is 0.317 e. The third kappa shape index (κ3) is 3.71. The zero-order chi connectivity index (χ0) is 16.3. The summed E-state index contributed by atoms with van der Waals surface area (Å²) in [5.41, 5.74) is 1.41. The highest BCUT2D eigenvalue weighted by Crippen LogP contribution is 2.36. The summed E-state index contributed by atoms with van der Waals surface area (Å²) in [6.07, 6.45) is 1.78. The molecule has 1 aliphatic carbocycles. The van der Waals surface area contributed by atoms with Gasteiger partial charge in [-0.05, 0) is 50.8 Å². The van der Waals surface area contributed by atoms with Crippen LogP contribution in [-0.4, -0.2) is 41.8 Å². The molecule has 1 unspecified atom stereocenters. The molecule has 0 radical (unpaired) electrons. The molecule has 0 aromatic heterocycles. The molecule has 0 spiro atoms. The minimum Gasteiger partial charge on any atom is -0.496 e. The number of aliphatic hydroxyl groups is 1. The zero-order valence-corrected chi connectivity index (χ0v) is 13.8. The van der Waals surface area contributed by atoms with Crippen LogP contribution in [-0.2, 0) is 6.42 Å². The number of hydrogen-bond donors (Lipinski definition) is 2. The Hall–Kier alpha value is -1.75. The van der Waals surface area contributed by atoms with Crippen molar-refractivity contribution >= 4 is 6.03 Å². The van der Waals surface area contributed by atoms with E-state index in [1.54, 1.807) is 25.9 Å². The van der Waals surface area contributed by atoms with E-state index in [9.17, 15) is 9.90 Å². The fraction of sp³-hybridized carbons (Fsp3) is 0.588.